The van der Waals surface area contributed by atoms with Crippen LogP contribution in [0.25, 0.3) is 16.5 Å². The number of amides is 2. The van der Waals surface area contributed by atoms with Crippen LogP contribution >= 0.6 is 0 Å². The van der Waals surface area contributed by atoms with Crippen molar-refractivity contribution in [1.82, 2.24) is 30.6 Å². The Balaban J connectivity index is 1.01. The summed E-state index contributed by atoms with van der Waals surface area (Å²) in [6, 6.07) is 10.6. The van der Waals surface area contributed by atoms with Gasteiger partial charge in [0.1, 0.15) is 29.1 Å². The third kappa shape index (κ3) is 4.79. The van der Waals surface area contributed by atoms with Crippen LogP contribution in [0.1, 0.15) is 61.3 Å². The van der Waals surface area contributed by atoms with Gasteiger partial charge in [-0.1, -0.05) is 24.3 Å². The van der Waals surface area contributed by atoms with Crippen molar-refractivity contribution < 1.29 is 14.4 Å². The molecule has 1 atom stereocenters. The van der Waals surface area contributed by atoms with E-state index >= 15 is 0 Å². The van der Waals surface area contributed by atoms with Crippen LogP contribution in [0.15, 0.2) is 82.2 Å². The van der Waals surface area contributed by atoms with E-state index < -0.39 is 22.7 Å². The number of fused-ring (bicyclic) bond motifs is 2. The van der Waals surface area contributed by atoms with Gasteiger partial charge in [-0.3, -0.25) is 19.2 Å². The molecule has 2 aliphatic rings. The Kier molecular flexibility index (Phi) is 6.50. The van der Waals surface area contributed by atoms with Gasteiger partial charge in [0.15, 0.2) is 5.84 Å². The van der Waals surface area contributed by atoms with Crippen LogP contribution in [0.5, 0.6) is 0 Å². The van der Waals surface area contributed by atoms with E-state index in [4.69, 9.17) is 10.6 Å². The molecule has 224 valence electrons. The third-order valence-electron chi connectivity index (χ3n) is 8.23. The summed E-state index contributed by atoms with van der Waals surface area (Å²) < 4.78 is 1.54. The fourth-order valence-corrected chi connectivity index (χ4v) is 5.87. The molecule has 2 aromatic heterocycles. The second-order valence-corrected chi connectivity index (χ2v) is 10.9. The van der Waals surface area contributed by atoms with Crippen molar-refractivity contribution in [3.05, 3.63) is 127 Å². The molecule has 7 rings (SSSR count). The lowest BCUT2D eigenvalue weighted by molar-refractivity contribution is 0.0931. The van der Waals surface area contributed by atoms with E-state index in [1.807, 2.05) is 37.3 Å². The Bertz CT molecular complexity index is 2190. The van der Waals surface area contributed by atoms with Crippen molar-refractivity contribution in [3.63, 3.8) is 0 Å². The molecular weight excluding hydrogens is 576 g/mol. The predicted octanol–water partition coefficient (Wildman–Crippen LogP) is 2.01. The molecule has 0 saturated heterocycles. The molecule has 0 spiro atoms. The van der Waals surface area contributed by atoms with Crippen LogP contribution in [0.2, 0.25) is 0 Å². The number of aliphatic imine (C=N–C) groups is 1. The van der Waals surface area contributed by atoms with E-state index in [1.54, 1.807) is 17.0 Å². The van der Waals surface area contributed by atoms with Crippen molar-refractivity contribution in [3.8, 4) is 5.69 Å². The maximum absolute atomic E-state index is 13.2. The Morgan fingerprint density at radius 2 is 1.84 bits per heavy atom. The summed E-state index contributed by atoms with van der Waals surface area (Å²) in [5, 5.41) is 7.50. The summed E-state index contributed by atoms with van der Waals surface area (Å²) in [5.41, 5.74) is 12.3. The average molecular weight is 603 g/mol. The fourth-order valence-electron chi connectivity index (χ4n) is 5.87. The number of nitrogens with one attached hydrogen (secondary N) is 3. The lowest BCUT2D eigenvalue weighted by atomic mass is 9.97. The van der Waals surface area contributed by atoms with Gasteiger partial charge in [-0.05, 0) is 60.1 Å². The van der Waals surface area contributed by atoms with Gasteiger partial charge in [-0.2, -0.15) is 4.99 Å². The topological polar surface area (TPSA) is 183 Å². The number of hydrogen-bond donors (Lipinski definition) is 4. The second kappa shape index (κ2) is 10.6. The highest BCUT2D eigenvalue weighted by Crippen LogP contribution is 2.35. The van der Waals surface area contributed by atoms with Crippen molar-refractivity contribution in [2.75, 3.05) is 5.73 Å². The normalized spacial score (nSPS) is 15.4. The molecule has 2 amide bonds. The minimum atomic E-state index is -0.680. The van der Waals surface area contributed by atoms with Crippen LogP contribution in [0.4, 0.5) is 5.69 Å². The number of nitrogens with two attached hydrogens (primary N) is 1. The quantitative estimate of drug-likeness (QED) is 0.203. The Morgan fingerprint density at radius 1 is 1.07 bits per heavy atom. The number of hydrogen-bond acceptors (Lipinski definition) is 10. The molecular formula is C32H26N8O5. The van der Waals surface area contributed by atoms with E-state index in [2.05, 4.69) is 37.7 Å². The smallest absolute Gasteiger partial charge is 0.270 e. The Labute approximate surface area is 255 Å². The Morgan fingerprint density at radius 3 is 2.60 bits per heavy atom. The largest absolute Gasteiger partial charge is 0.394 e. The molecule has 0 fully saturated rings. The van der Waals surface area contributed by atoms with Crippen LogP contribution in [0.3, 0.4) is 0 Å². The lowest BCUT2D eigenvalue weighted by Gasteiger charge is -2.16. The number of aromatic nitrogens is 3. The monoisotopic (exact) mass is 602 g/mol. The zero-order valence-electron chi connectivity index (χ0n) is 24.0. The van der Waals surface area contributed by atoms with Crippen molar-refractivity contribution in [2.45, 2.75) is 32.4 Å². The number of hydroxylamine groups is 1. The molecule has 0 bridgehead atoms. The highest BCUT2D eigenvalue weighted by atomic mass is 16.7. The molecule has 0 unspecified atom stereocenters. The molecule has 3 aromatic carbocycles. The van der Waals surface area contributed by atoms with Crippen LogP contribution in [0, 0.1) is 6.92 Å². The van der Waals surface area contributed by atoms with Gasteiger partial charge in [0, 0.05) is 36.0 Å². The SMILES string of the molecule is C=C1N=C(c2ccc3c(c2C)CC[C@@H]3NC(=O)c2cc(C(=O)NCc3ccc4cn(-c5c(N)c(=O)c5=O)cc4c3)ncn2)NO1. The van der Waals surface area contributed by atoms with E-state index in [9.17, 15) is 19.2 Å². The summed E-state index contributed by atoms with van der Waals surface area (Å²) in [6.07, 6.45) is 6.12. The number of nitrogen functional groups attached to an aromatic ring is 1. The second-order valence-electron chi connectivity index (χ2n) is 10.9. The van der Waals surface area contributed by atoms with Gasteiger partial charge < -0.3 is 25.8 Å². The first-order valence-electron chi connectivity index (χ1n) is 14.1. The van der Waals surface area contributed by atoms with Crippen molar-refractivity contribution >= 4 is 34.1 Å². The van der Waals surface area contributed by atoms with E-state index in [0.29, 0.717) is 11.7 Å². The highest BCUT2D eigenvalue weighted by molar-refractivity contribution is 6.01. The van der Waals surface area contributed by atoms with Crippen LogP contribution in [-0.2, 0) is 17.8 Å². The molecule has 1 aliphatic carbocycles. The average Bonchev–Trinajstić information content (AvgIpc) is 3.78. The van der Waals surface area contributed by atoms with E-state index in [0.717, 1.165) is 51.4 Å². The molecule has 45 heavy (non-hydrogen) atoms. The van der Waals surface area contributed by atoms with E-state index in [-0.39, 0.29) is 35.3 Å². The zero-order chi connectivity index (χ0) is 31.4. The molecule has 1 aliphatic heterocycles. The Hall–Kier alpha value is -6.11. The summed E-state index contributed by atoms with van der Waals surface area (Å²) in [6.45, 7) is 5.90. The van der Waals surface area contributed by atoms with Crippen molar-refractivity contribution in [2.24, 2.45) is 4.99 Å². The number of rotatable bonds is 7. The minimum absolute atomic E-state index is 0.0545. The first-order chi connectivity index (χ1) is 21.7. The molecule has 13 heteroatoms. The number of carbonyl (C=O) groups excluding carboxylic acids is 2. The number of nitrogens with zero attached hydrogens (tertiary/aromatic N) is 4. The van der Waals surface area contributed by atoms with Gasteiger partial charge in [0.05, 0.1) is 6.04 Å². The molecule has 5 N–H and O–H groups in total. The van der Waals surface area contributed by atoms with Crippen molar-refractivity contribution in [1.29, 1.82) is 0 Å². The first-order valence-corrected chi connectivity index (χ1v) is 14.1. The number of carbonyl (C=O) groups is 2. The minimum Gasteiger partial charge on any atom is -0.394 e. The van der Waals surface area contributed by atoms with Gasteiger partial charge in [-0.25, -0.2) is 15.4 Å². The molecule has 3 heterocycles. The summed E-state index contributed by atoms with van der Waals surface area (Å²) in [4.78, 5) is 67.1. The zero-order valence-corrected chi connectivity index (χ0v) is 24.0. The van der Waals surface area contributed by atoms with Crippen LogP contribution in [-0.4, -0.2) is 32.2 Å². The summed E-state index contributed by atoms with van der Waals surface area (Å²) in [5.74, 6) is 0.0249. The summed E-state index contributed by atoms with van der Waals surface area (Å²) in [7, 11) is 0. The maximum Gasteiger partial charge on any atom is 0.270 e. The molecule has 5 aromatic rings. The van der Waals surface area contributed by atoms with Crippen LogP contribution < -0.4 is 32.7 Å². The first kappa shape index (κ1) is 27.7. The maximum atomic E-state index is 13.2. The number of amidine groups is 1. The fraction of sp³-hybridized carbons (Fsp3) is 0.156. The molecule has 0 radical (unpaired) electrons. The lowest BCUT2D eigenvalue weighted by Crippen LogP contribution is -2.38. The highest BCUT2D eigenvalue weighted by Gasteiger charge is 2.29. The predicted molar refractivity (Wildman–Crippen MR) is 165 cm³/mol. The number of benzene rings is 2. The molecule has 0 saturated carbocycles. The molecule has 13 nitrogen and oxygen atoms in total. The van der Waals surface area contributed by atoms with Gasteiger partial charge in [0.2, 0.25) is 5.88 Å². The van der Waals surface area contributed by atoms with Gasteiger partial charge in [0.25, 0.3) is 22.7 Å². The standard InChI is InChI=1S/C32H26N8O5/c1-15-20-7-8-23(22(20)6-5-21(15)30-37-16(2)45-39-30)38-32(44)25-10-24(35-14-36-25)31(43)34-11-17-3-4-18-12-40(13-19(18)9-17)27-26(33)28(41)29(27)42/h3-6,9-10,12-14,23H,2,7-8,11,33H2,1H3,(H,34,43)(H,37,39)(H,38,44)/t23-/m0/s1. The van der Waals surface area contributed by atoms with Gasteiger partial charge in [-0.15, -0.1) is 0 Å². The number of anilines is 1. The third-order valence-corrected chi connectivity index (χ3v) is 8.23. The summed E-state index contributed by atoms with van der Waals surface area (Å²) >= 11 is 0. The van der Waals surface area contributed by atoms with E-state index in [1.165, 1.54) is 12.4 Å². The van der Waals surface area contributed by atoms with Gasteiger partial charge >= 0.3 is 0 Å².